The Bertz CT molecular complexity index is 746. The maximum atomic E-state index is 12.5. The summed E-state index contributed by atoms with van der Waals surface area (Å²) >= 11 is 7.93. The fourth-order valence-corrected chi connectivity index (χ4v) is 3.19. The lowest BCUT2D eigenvalue weighted by Gasteiger charge is -2.23. The molecule has 1 amide bonds. The largest absolute Gasteiger partial charge is 0.309 e. The molecule has 0 bridgehead atoms. The lowest BCUT2D eigenvalue weighted by atomic mass is 10.0. The molecule has 0 radical (unpaired) electrons. The number of halogens is 1. The number of carbonyl (C=O) groups excluding carboxylic acids is 1. The monoisotopic (exact) mass is 344 g/mol. The van der Waals surface area contributed by atoms with E-state index in [2.05, 4.69) is 4.99 Å². The number of anilines is 1. The molecule has 2 aromatic carbocycles. The molecular formula is C18H17ClN2OS. The van der Waals surface area contributed by atoms with Crippen LogP contribution in [-0.4, -0.2) is 36.7 Å². The van der Waals surface area contributed by atoms with Crippen molar-refractivity contribution in [2.45, 2.75) is 0 Å². The number of benzene rings is 2. The average molecular weight is 345 g/mol. The minimum absolute atomic E-state index is 0.0218. The van der Waals surface area contributed by atoms with Crippen molar-refractivity contribution in [1.29, 1.82) is 0 Å². The summed E-state index contributed by atoms with van der Waals surface area (Å²) in [6.45, 7) is 0.830. The van der Waals surface area contributed by atoms with Crippen LogP contribution in [0.4, 0.5) is 5.69 Å². The molecule has 1 aliphatic heterocycles. The molecule has 118 valence electrons. The van der Waals surface area contributed by atoms with E-state index in [0.717, 1.165) is 28.3 Å². The molecule has 0 spiro atoms. The van der Waals surface area contributed by atoms with E-state index in [1.165, 1.54) is 0 Å². The van der Waals surface area contributed by atoms with Gasteiger partial charge in [-0.3, -0.25) is 9.79 Å². The molecular weight excluding hydrogens is 328 g/mol. The highest BCUT2D eigenvalue weighted by Gasteiger charge is 2.24. The normalized spacial score (nSPS) is 14.3. The third kappa shape index (κ3) is 3.43. The predicted molar refractivity (Wildman–Crippen MR) is 99.1 cm³/mol. The van der Waals surface area contributed by atoms with E-state index in [9.17, 15) is 4.79 Å². The molecule has 1 heterocycles. The molecule has 2 aromatic rings. The summed E-state index contributed by atoms with van der Waals surface area (Å²) in [6.07, 6.45) is 2.04. The summed E-state index contributed by atoms with van der Waals surface area (Å²) < 4.78 is 0. The number of hydrogen-bond acceptors (Lipinski definition) is 3. The van der Waals surface area contributed by atoms with E-state index >= 15 is 0 Å². The number of fused-ring (bicyclic) bond motifs is 1. The Morgan fingerprint density at radius 1 is 1.22 bits per heavy atom. The van der Waals surface area contributed by atoms with Crippen molar-refractivity contribution in [3.8, 4) is 0 Å². The third-order valence-corrected chi connectivity index (χ3v) is 4.57. The number of hydrogen-bond donors (Lipinski definition) is 0. The van der Waals surface area contributed by atoms with E-state index in [4.69, 9.17) is 11.6 Å². The quantitative estimate of drug-likeness (QED) is 0.843. The highest BCUT2D eigenvalue weighted by atomic mass is 35.5. The van der Waals surface area contributed by atoms with Crippen molar-refractivity contribution >= 4 is 40.7 Å². The number of thioether (sulfide) groups is 1. The molecule has 3 rings (SSSR count). The van der Waals surface area contributed by atoms with Gasteiger partial charge in [0.05, 0.1) is 11.4 Å². The molecule has 5 heteroatoms. The van der Waals surface area contributed by atoms with Gasteiger partial charge in [-0.05, 0) is 24.5 Å². The molecule has 0 aliphatic carbocycles. The second kappa shape index (κ2) is 7.20. The van der Waals surface area contributed by atoms with Gasteiger partial charge in [-0.25, -0.2) is 0 Å². The van der Waals surface area contributed by atoms with Gasteiger partial charge in [-0.1, -0.05) is 41.9 Å². The lowest BCUT2D eigenvalue weighted by Crippen LogP contribution is -2.34. The van der Waals surface area contributed by atoms with Crippen molar-refractivity contribution in [2.24, 2.45) is 4.99 Å². The zero-order chi connectivity index (χ0) is 16.2. The standard InChI is InChI=1S/C18H17ClN2OS/c1-23-10-9-21-16-8-7-14(19)11-15(16)18(20-12-17(21)22)13-5-3-2-4-6-13/h2-8,11H,9-10,12H2,1H3. The van der Waals surface area contributed by atoms with E-state index in [-0.39, 0.29) is 12.5 Å². The Morgan fingerprint density at radius 2 is 2.00 bits per heavy atom. The van der Waals surface area contributed by atoms with Gasteiger partial charge in [0.15, 0.2) is 0 Å². The molecule has 0 fully saturated rings. The van der Waals surface area contributed by atoms with Crippen molar-refractivity contribution in [1.82, 2.24) is 0 Å². The Balaban J connectivity index is 2.12. The summed E-state index contributed by atoms with van der Waals surface area (Å²) in [5.74, 6) is 0.905. The van der Waals surface area contributed by atoms with Crippen LogP contribution in [-0.2, 0) is 4.79 Å². The molecule has 23 heavy (non-hydrogen) atoms. The van der Waals surface area contributed by atoms with Gasteiger partial charge in [0.1, 0.15) is 6.54 Å². The summed E-state index contributed by atoms with van der Waals surface area (Å²) in [5.41, 5.74) is 3.61. The van der Waals surface area contributed by atoms with E-state index in [1.807, 2.05) is 59.7 Å². The maximum absolute atomic E-state index is 12.5. The van der Waals surface area contributed by atoms with Crippen molar-refractivity contribution in [3.05, 3.63) is 64.7 Å². The lowest BCUT2D eigenvalue weighted by molar-refractivity contribution is -0.117. The van der Waals surface area contributed by atoms with E-state index in [1.54, 1.807) is 11.8 Å². The van der Waals surface area contributed by atoms with Gasteiger partial charge >= 0.3 is 0 Å². The molecule has 1 aliphatic rings. The molecule has 0 saturated carbocycles. The summed E-state index contributed by atoms with van der Waals surface area (Å²) in [4.78, 5) is 18.9. The number of carbonyl (C=O) groups is 1. The molecule has 0 unspecified atom stereocenters. The van der Waals surface area contributed by atoms with Crippen LogP contribution in [0, 0.1) is 0 Å². The maximum Gasteiger partial charge on any atom is 0.248 e. The zero-order valence-electron chi connectivity index (χ0n) is 12.8. The first kappa shape index (κ1) is 16.1. The Hall–Kier alpha value is -1.78. The van der Waals surface area contributed by atoms with Crippen molar-refractivity contribution in [3.63, 3.8) is 0 Å². The molecule has 3 nitrogen and oxygen atoms in total. The Labute approximate surface area is 145 Å². The van der Waals surface area contributed by atoms with Crippen molar-refractivity contribution in [2.75, 3.05) is 30.0 Å². The number of amides is 1. The summed E-state index contributed by atoms with van der Waals surface area (Å²) in [7, 11) is 0. The van der Waals surface area contributed by atoms with Gasteiger partial charge in [-0.15, -0.1) is 0 Å². The van der Waals surface area contributed by atoms with Gasteiger partial charge in [0.25, 0.3) is 0 Å². The first-order valence-corrected chi connectivity index (χ1v) is 9.17. The van der Waals surface area contributed by atoms with Crippen LogP contribution in [0.5, 0.6) is 0 Å². The molecule has 0 atom stereocenters. The second-order valence-electron chi connectivity index (χ2n) is 5.23. The van der Waals surface area contributed by atoms with Gasteiger partial charge in [-0.2, -0.15) is 11.8 Å². The van der Waals surface area contributed by atoms with Crippen LogP contribution < -0.4 is 4.90 Å². The Morgan fingerprint density at radius 3 is 2.74 bits per heavy atom. The second-order valence-corrected chi connectivity index (χ2v) is 6.65. The predicted octanol–water partition coefficient (Wildman–Crippen LogP) is 3.89. The number of rotatable bonds is 4. The number of nitrogens with zero attached hydrogens (tertiary/aromatic N) is 2. The smallest absolute Gasteiger partial charge is 0.248 e. The number of aliphatic imine (C=N–C) groups is 1. The topological polar surface area (TPSA) is 32.7 Å². The van der Waals surface area contributed by atoms with Gasteiger partial charge in [0.2, 0.25) is 5.91 Å². The average Bonchev–Trinajstić information content (AvgIpc) is 2.70. The van der Waals surface area contributed by atoms with Crippen molar-refractivity contribution < 1.29 is 4.79 Å². The van der Waals surface area contributed by atoms with Crippen LogP contribution in [0.1, 0.15) is 11.1 Å². The molecule has 0 N–H and O–H groups in total. The van der Waals surface area contributed by atoms with E-state index in [0.29, 0.717) is 11.6 Å². The third-order valence-electron chi connectivity index (χ3n) is 3.74. The van der Waals surface area contributed by atoms with Crippen LogP contribution >= 0.6 is 23.4 Å². The van der Waals surface area contributed by atoms with Gasteiger partial charge in [0, 0.05) is 28.4 Å². The highest BCUT2D eigenvalue weighted by Crippen LogP contribution is 2.29. The fraction of sp³-hybridized carbons (Fsp3) is 0.222. The van der Waals surface area contributed by atoms with Crippen LogP contribution in [0.15, 0.2) is 53.5 Å². The first-order chi connectivity index (χ1) is 11.2. The highest BCUT2D eigenvalue weighted by molar-refractivity contribution is 7.98. The minimum atomic E-state index is 0.0218. The SMILES string of the molecule is CSCCN1C(=O)CN=C(c2ccccc2)c2cc(Cl)ccc21. The Kier molecular flexibility index (Phi) is 5.03. The summed E-state index contributed by atoms with van der Waals surface area (Å²) in [5, 5.41) is 0.645. The van der Waals surface area contributed by atoms with Crippen LogP contribution in [0.2, 0.25) is 5.02 Å². The molecule has 0 saturated heterocycles. The van der Waals surface area contributed by atoms with Crippen LogP contribution in [0.3, 0.4) is 0 Å². The van der Waals surface area contributed by atoms with Gasteiger partial charge < -0.3 is 4.90 Å². The minimum Gasteiger partial charge on any atom is -0.309 e. The first-order valence-electron chi connectivity index (χ1n) is 7.40. The van der Waals surface area contributed by atoms with E-state index < -0.39 is 0 Å². The number of benzodiazepines with no additional fused rings is 1. The molecule has 0 aromatic heterocycles. The summed E-state index contributed by atoms with van der Waals surface area (Å²) in [6, 6.07) is 15.6. The zero-order valence-corrected chi connectivity index (χ0v) is 14.4. The van der Waals surface area contributed by atoms with Crippen LogP contribution in [0.25, 0.3) is 0 Å². The fourth-order valence-electron chi connectivity index (χ4n) is 2.66.